The van der Waals surface area contributed by atoms with E-state index in [0.29, 0.717) is 39.6 Å². The van der Waals surface area contributed by atoms with Crippen LogP contribution in [0.15, 0.2) is 60.7 Å². The zero-order valence-electron chi connectivity index (χ0n) is 17.2. The molecule has 0 aromatic heterocycles. The first-order valence-electron chi connectivity index (χ1n) is 9.99. The van der Waals surface area contributed by atoms with Gasteiger partial charge >= 0.3 is 0 Å². The summed E-state index contributed by atoms with van der Waals surface area (Å²) in [6, 6.07) is 14.9. The fourth-order valence-electron chi connectivity index (χ4n) is 3.78. The molecule has 0 fully saturated rings. The Kier molecular flexibility index (Phi) is 6.24. The summed E-state index contributed by atoms with van der Waals surface area (Å²) in [6.45, 7) is 0.306. The smallest absolute Gasteiger partial charge is 0.194 e. The number of hydrogen-bond acceptors (Lipinski definition) is 1. The first kappa shape index (κ1) is 22.0. The fraction of sp³-hybridized carbons (Fsp3) is 0.154. The third kappa shape index (κ3) is 4.36. The highest BCUT2D eigenvalue weighted by Gasteiger charge is 2.13. The average molecular weight is 442 g/mol. The molecule has 4 aromatic rings. The Balaban J connectivity index is 1.60. The standard InChI is InChI=1S/C26H19F5O/c1-32-14-16-3-8-20(22(27)12-16)18-7-9-21-19(13-18)6-5-17(25(21)30)4-2-15-10-23(28)26(31)24(29)11-15/h3,5-13H,2,4,14H2,1H3. The van der Waals surface area contributed by atoms with Crippen LogP contribution in [0.2, 0.25) is 0 Å². The second kappa shape index (κ2) is 9.09. The second-order valence-corrected chi connectivity index (χ2v) is 7.60. The molecule has 0 spiro atoms. The van der Waals surface area contributed by atoms with Crippen LogP contribution in [0.3, 0.4) is 0 Å². The van der Waals surface area contributed by atoms with Crippen molar-refractivity contribution in [1.82, 2.24) is 0 Å². The summed E-state index contributed by atoms with van der Waals surface area (Å²) < 4.78 is 74.5. The normalized spacial score (nSPS) is 11.3. The van der Waals surface area contributed by atoms with Crippen molar-refractivity contribution in [2.45, 2.75) is 19.4 Å². The molecule has 0 saturated carbocycles. The molecule has 0 amide bonds. The predicted molar refractivity (Wildman–Crippen MR) is 114 cm³/mol. The van der Waals surface area contributed by atoms with E-state index in [1.54, 1.807) is 42.5 Å². The first-order chi connectivity index (χ1) is 15.4. The molecule has 0 aliphatic heterocycles. The number of ether oxygens (including phenoxy) is 1. The first-order valence-corrected chi connectivity index (χ1v) is 9.99. The van der Waals surface area contributed by atoms with Gasteiger partial charge in [-0.25, -0.2) is 22.0 Å². The van der Waals surface area contributed by atoms with Crippen LogP contribution in [0.5, 0.6) is 0 Å². The van der Waals surface area contributed by atoms with E-state index in [0.717, 1.165) is 12.1 Å². The van der Waals surface area contributed by atoms with Gasteiger partial charge in [-0.1, -0.05) is 36.4 Å². The van der Waals surface area contributed by atoms with E-state index in [-0.39, 0.29) is 18.4 Å². The minimum Gasteiger partial charge on any atom is -0.380 e. The lowest BCUT2D eigenvalue weighted by Crippen LogP contribution is -1.99. The maximum Gasteiger partial charge on any atom is 0.194 e. The summed E-state index contributed by atoms with van der Waals surface area (Å²) in [5.41, 5.74) is 2.33. The molecule has 0 radical (unpaired) electrons. The van der Waals surface area contributed by atoms with E-state index in [1.165, 1.54) is 13.2 Å². The fourth-order valence-corrected chi connectivity index (χ4v) is 3.78. The molecule has 1 nitrogen and oxygen atoms in total. The van der Waals surface area contributed by atoms with Crippen molar-refractivity contribution in [3.8, 4) is 11.1 Å². The minimum absolute atomic E-state index is 0.146. The van der Waals surface area contributed by atoms with E-state index in [4.69, 9.17) is 4.74 Å². The molecule has 6 heteroatoms. The second-order valence-electron chi connectivity index (χ2n) is 7.60. The maximum atomic E-state index is 15.0. The summed E-state index contributed by atoms with van der Waals surface area (Å²) in [4.78, 5) is 0. The molecule has 164 valence electrons. The number of aryl methyl sites for hydroxylation is 2. The Morgan fingerprint density at radius 1 is 0.656 bits per heavy atom. The molecule has 0 aliphatic rings. The lowest BCUT2D eigenvalue weighted by atomic mass is 9.96. The van der Waals surface area contributed by atoms with Gasteiger partial charge in [0.2, 0.25) is 0 Å². The van der Waals surface area contributed by atoms with Crippen molar-refractivity contribution in [3.05, 3.63) is 106 Å². The Bertz CT molecular complexity index is 1280. The largest absolute Gasteiger partial charge is 0.380 e. The molecule has 0 saturated heterocycles. The number of methoxy groups -OCH3 is 1. The predicted octanol–water partition coefficient (Wildman–Crippen LogP) is 7.13. The highest BCUT2D eigenvalue weighted by Crippen LogP contribution is 2.30. The lowest BCUT2D eigenvalue weighted by molar-refractivity contribution is 0.184. The minimum atomic E-state index is -1.52. The van der Waals surface area contributed by atoms with Crippen molar-refractivity contribution in [2.75, 3.05) is 7.11 Å². The van der Waals surface area contributed by atoms with Crippen LogP contribution in [-0.2, 0) is 24.2 Å². The summed E-state index contributed by atoms with van der Waals surface area (Å²) in [6.07, 6.45) is 0.331. The molecule has 0 bridgehead atoms. The van der Waals surface area contributed by atoms with Crippen molar-refractivity contribution in [1.29, 1.82) is 0 Å². The van der Waals surface area contributed by atoms with Gasteiger partial charge in [0.25, 0.3) is 0 Å². The van der Waals surface area contributed by atoms with Gasteiger partial charge in [-0.05, 0) is 64.7 Å². The zero-order valence-corrected chi connectivity index (χ0v) is 17.2. The molecule has 0 heterocycles. The Morgan fingerprint density at radius 2 is 1.38 bits per heavy atom. The van der Waals surface area contributed by atoms with Gasteiger partial charge < -0.3 is 4.74 Å². The van der Waals surface area contributed by atoms with E-state index in [1.807, 2.05) is 0 Å². The monoisotopic (exact) mass is 442 g/mol. The van der Waals surface area contributed by atoms with Crippen LogP contribution in [0.25, 0.3) is 21.9 Å². The van der Waals surface area contributed by atoms with Crippen LogP contribution in [0.4, 0.5) is 22.0 Å². The maximum absolute atomic E-state index is 15.0. The number of benzene rings is 4. The SMILES string of the molecule is COCc1ccc(-c2ccc3c(F)c(CCc4cc(F)c(F)c(F)c4)ccc3c2)c(F)c1. The Labute approximate surface area is 182 Å². The molecular formula is C26H19F5O. The van der Waals surface area contributed by atoms with Crippen molar-refractivity contribution in [3.63, 3.8) is 0 Å². The number of fused-ring (bicyclic) bond motifs is 1. The zero-order chi connectivity index (χ0) is 22.8. The number of halogens is 5. The Hall–Kier alpha value is -3.25. The average Bonchev–Trinajstić information content (AvgIpc) is 2.77. The van der Waals surface area contributed by atoms with Gasteiger partial charge in [0, 0.05) is 18.1 Å². The van der Waals surface area contributed by atoms with Crippen molar-refractivity contribution in [2.24, 2.45) is 0 Å². The van der Waals surface area contributed by atoms with Gasteiger partial charge in [0.15, 0.2) is 17.5 Å². The molecule has 0 unspecified atom stereocenters. The molecule has 4 aromatic carbocycles. The molecule has 0 aliphatic carbocycles. The lowest BCUT2D eigenvalue weighted by Gasteiger charge is -2.10. The highest BCUT2D eigenvalue weighted by molar-refractivity contribution is 5.88. The van der Waals surface area contributed by atoms with Gasteiger partial charge in [0.05, 0.1) is 6.61 Å². The van der Waals surface area contributed by atoms with Gasteiger partial charge in [0.1, 0.15) is 11.6 Å². The van der Waals surface area contributed by atoms with Crippen molar-refractivity contribution >= 4 is 10.8 Å². The van der Waals surface area contributed by atoms with E-state index >= 15 is 4.39 Å². The van der Waals surface area contributed by atoms with E-state index < -0.39 is 29.1 Å². The van der Waals surface area contributed by atoms with Crippen LogP contribution in [-0.4, -0.2) is 7.11 Å². The van der Waals surface area contributed by atoms with Crippen molar-refractivity contribution < 1.29 is 26.7 Å². The molecule has 4 rings (SSSR count). The molecule has 32 heavy (non-hydrogen) atoms. The number of hydrogen-bond donors (Lipinski definition) is 0. The summed E-state index contributed by atoms with van der Waals surface area (Å²) in [7, 11) is 1.54. The van der Waals surface area contributed by atoms with E-state index in [9.17, 15) is 17.6 Å². The van der Waals surface area contributed by atoms with E-state index in [2.05, 4.69) is 0 Å². The van der Waals surface area contributed by atoms with Crippen LogP contribution in [0.1, 0.15) is 16.7 Å². The third-order valence-corrected chi connectivity index (χ3v) is 5.42. The quantitative estimate of drug-likeness (QED) is 0.228. The van der Waals surface area contributed by atoms with Crippen LogP contribution in [0, 0.1) is 29.1 Å². The van der Waals surface area contributed by atoms with Gasteiger partial charge in [-0.3, -0.25) is 0 Å². The topological polar surface area (TPSA) is 9.23 Å². The Morgan fingerprint density at radius 3 is 2.06 bits per heavy atom. The van der Waals surface area contributed by atoms with Gasteiger partial charge in [-0.2, -0.15) is 0 Å². The molecule has 0 atom stereocenters. The molecule has 0 N–H and O–H groups in total. The highest BCUT2D eigenvalue weighted by atomic mass is 19.2. The summed E-state index contributed by atoms with van der Waals surface area (Å²) in [5, 5.41) is 0.960. The molecular weight excluding hydrogens is 423 g/mol. The summed E-state index contributed by atoms with van der Waals surface area (Å²) >= 11 is 0. The van der Waals surface area contributed by atoms with Crippen LogP contribution < -0.4 is 0 Å². The van der Waals surface area contributed by atoms with Gasteiger partial charge in [-0.15, -0.1) is 0 Å². The number of rotatable bonds is 6. The summed E-state index contributed by atoms with van der Waals surface area (Å²) in [5.74, 6) is -4.91. The van der Waals surface area contributed by atoms with Crippen LogP contribution >= 0.6 is 0 Å². The third-order valence-electron chi connectivity index (χ3n) is 5.42.